The molecule has 2 atom stereocenters. The van der Waals surface area contributed by atoms with E-state index in [1.807, 2.05) is 12.1 Å². The van der Waals surface area contributed by atoms with Crippen LogP contribution in [-0.4, -0.2) is 24.0 Å². The van der Waals surface area contributed by atoms with Crippen LogP contribution in [0.2, 0.25) is 0 Å². The van der Waals surface area contributed by atoms with Crippen molar-refractivity contribution in [3.8, 4) is 0 Å². The lowest BCUT2D eigenvalue weighted by Crippen LogP contribution is -2.47. The second-order valence-electron chi connectivity index (χ2n) is 5.80. The molecule has 3 heteroatoms. The molecule has 19 heavy (non-hydrogen) atoms. The van der Waals surface area contributed by atoms with Crippen LogP contribution in [0.25, 0.3) is 11.0 Å². The molecule has 2 N–H and O–H groups in total. The van der Waals surface area contributed by atoms with Gasteiger partial charge in [-0.15, -0.1) is 0 Å². The molecule has 1 aliphatic heterocycles. The molecule has 3 rings (SSSR count). The van der Waals surface area contributed by atoms with Gasteiger partial charge in [0, 0.05) is 30.1 Å². The van der Waals surface area contributed by atoms with Crippen molar-refractivity contribution in [3.63, 3.8) is 0 Å². The van der Waals surface area contributed by atoms with Crippen molar-refractivity contribution in [2.45, 2.75) is 32.9 Å². The highest BCUT2D eigenvalue weighted by molar-refractivity contribution is 5.82. The Balaban J connectivity index is 1.83. The Hall–Kier alpha value is -1.32. The highest BCUT2D eigenvalue weighted by Crippen LogP contribution is 2.27. The van der Waals surface area contributed by atoms with E-state index < -0.39 is 0 Å². The van der Waals surface area contributed by atoms with E-state index in [0.29, 0.717) is 12.0 Å². The Labute approximate surface area is 114 Å². The third-order valence-electron chi connectivity index (χ3n) is 4.38. The molecule has 0 radical (unpaired) electrons. The van der Waals surface area contributed by atoms with Crippen molar-refractivity contribution in [3.05, 3.63) is 35.6 Å². The molecule has 1 fully saturated rings. The molecule has 1 aliphatic rings. The molecule has 1 aromatic heterocycles. The van der Waals surface area contributed by atoms with E-state index in [0.717, 1.165) is 31.0 Å². The molecule has 2 heterocycles. The number of nitrogens with two attached hydrogens (primary N) is 1. The summed E-state index contributed by atoms with van der Waals surface area (Å²) in [4.78, 5) is 2.45. The van der Waals surface area contributed by atoms with Crippen LogP contribution in [0.5, 0.6) is 0 Å². The maximum absolute atomic E-state index is 6.18. The molecule has 3 nitrogen and oxygen atoms in total. The smallest absolute Gasteiger partial charge is 0.134 e. The Morgan fingerprint density at radius 2 is 2.16 bits per heavy atom. The van der Waals surface area contributed by atoms with Gasteiger partial charge in [-0.05, 0) is 31.9 Å². The molecule has 2 aromatic rings. The number of rotatable bonds is 2. The van der Waals surface area contributed by atoms with Crippen LogP contribution in [0.3, 0.4) is 0 Å². The highest BCUT2D eigenvalue weighted by atomic mass is 16.3. The third-order valence-corrected chi connectivity index (χ3v) is 4.38. The maximum Gasteiger partial charge on any atom is 0.134 e. The van der Waals surface area contributed by atoms with Gasteiger partial charge in [0.05, 0.1) is 0 Å². The second-order valence-corrected chi connectivity index (χ2v) is 5.80. The van der Waals surface area contributed by atoms with Crippen LogP contribution < -0.4 is 5.73 Å². The minimum absolute atomic E-state index is 0.298. The highest BCUT2D eigenvalue weighted by Gasteiger charge is 2.24. The average Bonchev–Trinajstić information content (AvgIpc) is 2.71. The molecular weight excluding hydrogens is 236 g/mol. The summed E-state index contributed by atoms with van der Waals surface area (Å²) in [6.07, 6.45) is 1.19. The summed E-state index contributed by atoms with van der Waals surface area (Å²) >= 11 is 0. The molecule has 0 aliphatic carbocycles. The molecule has 0 saturated carbocycles. The molecule has 2 unspecified atom stereocenters. The zero-order valence-electron chi connectivity index (χ0n) is 11.7. The zero-order valence-corrected chi connectivity index (χ0v) is 11.7. The number of hydrogen-bond acceptors (Lipinski definition) is 3. The van der Waals surface area contributed by atoms with Crippen molar-refractivity contribution in [1.82, 2.24) is 4.90 Å². The normalized spacial score (nSPS) is 25.0. The van der Waals surface area contributed by atoms with Gasteiger partial charge in [-0.25, -0.2) is 0 Å². The van der Waals surface area contributed by atoms with Crippen LogP contribution in [0.1, 0.15) is 24.7 Å². The van der Waals surface area contributed by atoms with Gasteiger partial charge < -0.3 is 10.2 Å². The molecule has 0 bridgehead atoms. The Bertz CT molecular complexity index is 575. The average molecular weight is 258 g/mol. The number of fused-ring (bicyclic) bond motifs is 1. The number of likely N-dealkylation sites (tertiary alicyclic amines) is 1. The Morgan fingerprint density at radius 3 is 2.95 bits per heavy atom. The second kappa shape index (κ2) is 4.99. The first-order chi connectivity index (χ1) is 9.15. The summed E-state index contributed by atoms with van der Waals surface area (Å²) in [6, 6.07) is 8.58. The Morgan fingerprint density at radius 1 is 1.37 bits per heavy atom. The number of furan rings is 1. The molecule has 102 valence electrons. The fourth-order valence-electron chi connectivity index (χ4n) is 2.95. The molecular formula is C16H22N2O. The standard InChI is InChI=1S/C16H22N2O/c1-11-7-8-18(10-15(11)17)9-14-12(2)19-16-6-4-3-5-13(14)16/h3-6,11,15H,7-10,17H2,1-2H3. The Kier molecular flexibility index (Phi) is 3.33. The van der Waals surface area contributed by atoms with Crippen molar-refractivity contribution >= 4 is 11.0 Å². The lowest BCUT2D eigenvalue weighted by atomic mass is 9.94. The molecule has 0 amide bonds. The molecule has 0 spiro atoms. The van der Waals surface area contributed by atoms with E-state index in [1.54, 1.807) is 0 Å². The predicted molar refractivity (Wildman–Crippen MR) is 78.0 cm³/mol. The summed E-state index contributed by atoms with van der Waals surface area (Å²) in [6.45, 7) is 7.37. The number of aryl methyl sites for hydroxylation is 1. The molecule has 1 saturated heterocycles. The zero-order chi connectivity index (χ0) is 13.4. The van der Waals surface area contributed by atoms with Gasteiger partial charge in [0.25, 0.3) is 0 Å². The van der Waals surface area contributed by atoms with Gasteiger partial charge in [-0.2, -0.15) is 0 Å². The van der Waals surface area contributed by atoms with Crippen LogP contribution in [-0.2, 0) is 6.54 Å². The number of benzene rings is 1. The number of piperidine rings is 1. The first kappa shape index (κ1) is 12.7. The fourth-order valence-corrected chi connectivity index (χ4v) is 2.95. The van der Waals surface area contributed by atoms with E-state index in [9.17, 15) is 0 Å². The minimum Gasteiger partial charge on any atom is -0.461 e. The van der Waals surface area contributed by atoms with Crippen molar-refractivity contribution in [2.24, 2.45) is 11.7 Å². The minimum atomic E-state index is 0.298. The summed E-state index contributed by atoms with van der Waals surface area (Å²) in [7, 11) is 0. The SMILES string of the molecule is Cc1oc2ccccc2c1CN1CCC(C)C(N)C1. The van der Waals surface area contributed by atoms with E-state index in [-0.39, 0.29) is 0 Å². The first-order valence-electron chi connectivity index (χ1n) is 7.10. The predicted octanol–water partition coefficient (Wildman–Crippen LogP) is 2.91. The summed E-state index contributed by atoms with van der Waals surface area (Å²) in [5.74, 6) is 1.67. The van der Waals surface area contributed by atoms with Crippen LogP contribution in [0.15, 0.2) is 28.7 Å². The topological polar surface area (TPSA) is 42.4 Å². The summed E-state index contributed by atoms with van der Waals surface area (Å²) in [5, 5.41) is 1.24. The van der Waals surface area contributed by atoms with E-state index in [1.165, 1.54) is 17.4 Å². The number of para-hydroxylation sites is 1. The largest absolute Gasteiger partial charge is 0.461 e. The summed E-state index contributed by atoms with van der Waals surface area (Å²) < 4.78 is 5.83. The van der Waals surface area contributed by atoms with Crippen molar-refractivity contribution in [2.75, 3.05) is 13.1 Å². The van der Waals surface area contributed by atoms with Gasteiger partial charge in [0.1, 0.15) is 11.3 Å². The monoisotopic (exact) mass is 258 g/mol. The van der Waals surface area contributed by atoms with Crippen molar-refractivity contribution in [1.29, 1.82) is 0 Å². The number of nitrogens with zero attached hydrogens (tertiary/aromatic N) is 1. The van der Waals surface area contributed by atoms with Crippen LogP contribution in [0, 0.1) is 12.8 Å². The lowest BCUT2D eigenvalue weighted by Gasteiger charge is -2.35. The van der Waals surface area contributed by atoms with E-state index in [2.05, 4.69) is 30.9 Å². The maximum atomic E-state index is 6.18. The fraction of sp³-hybridized carbons (Fsp3) is 0.500. The van der Waals surface area contributed by atoms with Crippen LogP contribution in [0.4, 0.5) is 0 Å². The van der Waals surface area contributed by atoms with E-state index in [4.69, 9.17) is 10.2 Å². The van der Waals surface area contributed by atoms with Gasteiger partial charge in [-0.1, -0.05) is 25.1 Å². The van der Waals surface area contributed by atoms with Gasteiger partial charge in [0.15, 0.2) is 0 Å². The number of hydrogen-bond donors (Lipinski definition) is 1. The summed E-state index contributed by atoms with van der Waals surface area (Å²) in [5.41, 5.74) is 8.49. The van der Waals surface area contributed by atoms with Gasteiger partial charge in [0.2, 0.25) is 0 Å². The third kappa shape index (κ3) is 2.40. The van der Waals surface area contributed by atoms with Crippen LogP contribution >= 0.6 is 0 Å². The first-order valence-corrected chi connectivity index (χ1v) is 7.10. The van der Waals surface area contributed by atoms with E-state index >= 15 is 0 Å². The lowest BCUT2D eigenvalue weighted by molar-refractivity contribution is 0.162. The molecule has 1 aromatic carbocycles. The van der Waals surface area contributed by atoms with Gasteiger partial charge >= 0.3 is 0 Å². The van der Waals surface area contributed by atoms with Gasteiger partial charge in [-0.3, -0.25) is 4.90 Å². The quantitative estimate of drug-likeness (QED) is 0.900. The van der Waals surface area contributed by atoms with Crippen molar-refractivity contribution < 1.29 is 4.42 Å².